The van der Waals surface area contributed by atoms with Gasteiger partial charge < -0.3 is 5.32 Å². The number of hydrogen-bond donors (Lipinski definition) is 1. The van der Waals surface area contributed by atoms with E-state index in [0.29, 0.717) is 0 Å². The van der Waals surface area contributed by atoms with E-state index >= 15 is 0 Å². The van der Waals surface area contributed by atoms with Gasteiger partial charge in [-0.2, -0.15) is 10.1 Å². The average molecular weight is 402 g/mol. The predicted molar refractivity (Wildman–Crippen MR) is 100 cm³/mol. The maximum atomic E-state index is 6.43. The molecule has 1 atom stereocenters. The number of rotatable bonds is 2. The summed E-state index contributed by atoms with van der Waals surface area (Å²) in [6, 6.07) is 15.9. The maximum absolute atomic E-state index is 6.43. The van der Waals surface area contributed by atoms with Gasteiger partial charge in [0.2, 0.25) is 5.95 Å². The SMILES string of the molecule is Cc1nc2n(n1)[C@H](c1ccccc1Cl)C=C(c1ccc(Br)cc1)N2. The number of aryl methyl sites for hydroxylation is 1. The van der Waals surface area contributed by atoms with Gasteiger partial charge in [0.15, 0.2) is 0 Å². The highest BCUT2D eigenvalue weighted by atomic mass is 79.9. The molecule has 0 unspecified atom stereocenters. The molecule has 0 radical (unpaired) electrons. The molecule has 4 rings (SSSR count). The molecule has 0 spiro atoms. The summed E-state index contributed by atoms with van der Waals surface area (Å²) in [5, 5.41) is 8.61. The van der Waals surface area contributed by atoms with E-state index < -0.39 is 0 Å². The Morgan fingerprint density at radius 1 is 1.12 bits per heavy atom. The van der Waals surface area contributed by atoms with Crippen LogP contribution in [0.15, 0.2) is 59.1 Å². The van der Waals surface area contributed by atoms with Crippen molar-refractivity contribution in [3.63, 3.8) is 0 Å². The predicted octanol–water partition coefficient (Wildman–Crippen LogP) is 5.06. The van der Waals surface area contributed by atoms with Crippen molar-refractivity contribution in [3.05, 3.63) is 81.1 Å². The number of anilines is 1. The Labute approximate surface area is 153 Å². The van der Waals surface area contributed by atoms with E-state index in [9.17, 15) is 0 Å². The van der Waals surface area contributed by atoms with Crippen LogP contribution in [0.1, 0.15) is 23.0 Å². The first kappa shape index (κ1) is 15.4. The molecular weight excluding hydrogens is 388 g/mol. The van der Waals surface area contributed by atoms with Gasteiger partial charge in [0, 0.05) is 15.2 Å². The van der Waals surface area contributed by atoms with Crippen LogP contribution in [0.3, 0.4) is 0 Å². The molecule has 1 aromatic heterocycles. The lowest BCUT2D eigenvalue weighted by atomic mass is 10.0. The van der Waals surface area contributed by atoms with Crippen LogP contribution in [0.2, 0.25) is 5.02 Å². The highest BCUT2D eigenvalue weighted by Gasteiger charge is 2.25. The Kier molecular flexibility index (Phi) is 3.90. The fourth-order valence-electron chi connectivity index (χ4n) is 2.83. The van der Waals surface area contributed by atoms with Gasteiger partial charge in [0.1, 0.15) is 11.9 Å². The summed E-state index contributed by atoms with van der Waals surface area (Å²) < 4.78 is 2.92. The van der Waals surface area contributed by atoms with Crippen molar-refractivity contribution in [2.24, 2.45) is 0 Å². The fraction of sp³-hybridized carbons (Fsp3) is 0.111. The topological polar surface area (TPSA) is 42.7 Å². The lowest BCUT2D eigenvalue weighted by Gasteiger charge is -2.25. The van der Waals surface area contributed by atoms with Crippen LogP contribution < -0.4 is 5.32 Å². The van der Waals surface area contributed by atoms with Crippen molar-refractivity contribution in [1.82, 2.24) is 14.8 Å². The highest BCUT2D eigenvalue weighted by molar-refractivity contribution is 9.10. The summed E-state index contributed by atoms with van der Waals surface area (Å²) in [6.45, 7) is 1.88. The Hall–Kier alpha value is -2.11. The number of aromatic nitrogens is 3. The first-order valence-corrected chi connectivity index (χ1v) is 8.71. The molecule has 0 bridgehead atoms. The van der Waals surface area contributed by atoms with Crippen molar-refractivity contribution < 1.29 is 0 Å². The Balaban J connectivity index is 1.85. The molecule has 24 heavy (non-hydrogen) atoms. The third kappa shape index (κ3) is 2.74. The third-order valence-corrected chi connectivity index (χ3v) is 4.82. The van der Waals surface area contributed by atoms with Gasteiger partial charge in [0.25, 0.3) is 0 Å². The number of benzene rings is 2. The second-order valence-electron chi connectivity index (χ2n) is 5.61. The molecule has 0 amide bonds. The summed E-state index contributed by atoms with van der Waals surface area (Å²) in [5.74, 6) is 1.44. The maximum Gasteiger partial charge on any atom is 0.226 e. The van der Waals surface area contributed by atoms with Crippen molar-refractivity contribution in [2.75, 3.05) is 5.32 Å². The molecule has 4 nitrogen and oxygen atoms in total. The molecule has 3 aromatic rings. The molecule has 1 aliphatic heterocycles. The van der Waals surface area contributed by atoms with Gasteiger partial charge >= 0.3 is 0 Å². The Bertz CT molecular complexity index is 930. The molecule has 2 aromatic carbocycles. The molecule has 0 saturated carbocycles. The zero-order chi connectivity index (χ0) is 16.7. The van der Waals surface area contributed by atoms with E-state index in [2.05, 4.69) is 49.5 Å². The molecule has 120 valence electrons. The molecule has 0 aliphatic carbocycles. The molecule has 0 fully saturated rings. The minimum absolute atomic E-state index is 0.102. The minimum Gasteiger partial charge on any atom is -0.324 e. The number of nitrogens with one attached hydrogen (secondary N) is 1. The Morgan fingerprint density at radius 2 is 1.88 bits per heavy atom. The van der Waals surface area contributed by atoms with Crippen LogP contribution in [-0.4, -0.2) is 14.8 Å². The smallest absolute Gasteiger partial charge is 0.226 e. The monoisotopic (exact) mass is 400 g/mol. The normalized spacial score (nSPS) is 16.3. The standard InChI is InChI=1S/C18H14BrClN4/c1-11-21-18-22-16(12-6-8-13(19)9-7-12)10-17(24(18)23-11)14-4-2-3-5-15(14)20/h2-10,17H,1H3,(H,21,22,23)/t17-/m0/s1. The second kappa shape index (κ2) is 6.07. The van der Waals surface area contributed by atoms with Gasteiger partial charge in [-0.15, -0.1) is 0 Å². The number of nitrogens with zero attached hydrogens (tertiary/aromatic N) is 3. The van der Waals surface area contributed by atoms with Crippen molar-refractivity contribution in [1.29, 1.82) is 0 Å². The van der Waals surface area contributed by atoms with Crippen molar-refractivity contribution >= 4 is 39.2 Å². The third-order valence-electron chi connectivity index (χ3n) is 3.95. The lowest BCUT2D eigenvalue weighted by Crippen LogP contribution is -2.20. The largest absolute Gasteiger partial charge is 0.324 e. The fourth-order valence-corrected chi connectivity index (χ4v) is 3.35. The molecule has 2 heterocycles. The second-order valence-corrected chi connectivity index (χ2v) is 6.93. The van der Waals surface area contributed by atoms with E-state index in [-0.39, 0.29) is 6.04 Å². The molecular formula is C18H14BrClN4. The van der Waals surface area contributed by atoms with Crippen LogP contribution in [0.5, 0.6) is 0 Å². The summed E-state index contributed by atoms with van der Waals surface area (Å²) in [7, 11) is 0. The summed E-state index contributed by atoms with van der Waals surface area (Å²) >= 11 is 9.90. The van der Waals surface area contributed by atoms with Crippen LogP contribution in [-0.2, 0) is 0 Å². The van der Waals surface area contributed by atoms with Crippen LogP contribution in [0.25, 0.3) is 5.70 Å². The van der Waals surface area contributed by atoms with Gasteiger partial charge in [0.05, 0.1) is 0 Å². The van der Waals surface area contributed by atoms with Gasteiger partial charge in [-0.05, 0) is 42.3 Å². The molecule has 1 N–H and O–H groups in total. The van der Waals surface area contributed by atoms with E-state index in [0.717, 1.165) is 38.1 Å². The van der Waals surface area contributed by atoms with Crippen molar-refractivity contribution in [2.45, 2.75) is 13.0 Å². The molecule has 6 heteroatoms. The number of allylic oxidation sites excluding steroid dienone is 1. The molecule has 0 saturated heterocycles. The van der Waals surface area contributed by atoms with E-state index in [4.69, 9.17) is 11.6 Å². The first-order chi connectivity index (χ1) is 11.6. The van der Waals surface area contributed by atoms with E-state index in [1.165, 1.54) is 0 Å². The van der Waals surface area contributed by atoms with Crippen LogP contribution in [0.4, 0.5) is 5.95 Å². The summed E-state index contributed by atoms with van der Waals surface area (Å²) in [4.78, 5) is 4.50. The first-order valence-electron chi connectivity index (χ1n) is 7.54. The highest BCUT2D eigenvalue weighted by Crippen LogP contribution is 2.35. The average Bonchev–Trinajstić information content (AvgIpc) is 2.95. The van der Waals surface area contributed by atoms with E-state index in [1.54, 1.807) is 0 Å². The molecule has 1 aliphatic rings. The van der Waals surface area contributed by atoms with E-state index in [1.807, 2.05) is 48.0 Å². The van der Waals surface area contributed by atoms with Gasteiger partial charge in [-0.25, -0.2) is 4.68 Å². The number of halogens is 2. The summed E-state index contributed by atoms with van der Waals surface area (Å²) in [5.41, 5.74) is 3.08. The van der Waals surface area contributed by atoms with Crippen LogP contribution >= 0.6 is 27.5 Å². The lowest BCUT2D eigenvalue weighted by molar-refractivity contribution is 0.607. The quantitative estimate of drug-likeness (QED) is 0.653. The Morgan fingerprint density at radius 3 is 2.62 bits per heavy atom. The van der Waals surface area contributed by atoms with Gasteiger partial charge in [-0.1, -0.05) is 57.9 Å². The van der Waals surface area contributed by atoms with Crippen molar-refractivity contribution in [3.8, 4) is 0 Å². The van der Waals surface area contributed by atoms with Crippen LogP contribution in [0, 0.1) is 6.92 Å². The zero-order valence-corrected chi connectivity index (χ0v) is 15.2. The summed E-state index contributed by atoms with van der Waals surface area (Å²) in [6.07, 6.45) is 2.13. The minimum atomic E-state index is -0.102. The van der Waals surface area contributed by atoms with Gasteiger partial charge in [-0.3, -0.25) is 0 Å². The number of fused-ring (bicyclic) bond motifs is 1. The number of hydrogen-bond acceptors (Lipinski definition) is 3. The zero-order valence-electron chi connectivity index (χ0n) is 12.9.